The lowest BCUT2D eigenvalue weighted by Crippen LogP contribution is -2.36. The summed E-state index contributed by atoms with van der Waals surface area (Å²) < 4.78 is 0. The van der Waals surface area contributed by atoms with E-state index in [0.29, 0.717) is 24.5 Å². The zero-order valence-electron chi connectivity index (χ0n) is 11.2. The molecule has 0 saturated carbocycles. The van der Waals surface area contributed by atoms with Crippen LogP contribution in [0.3, 0.4) is 0 Å². The van der Waals surface area contributed by atoms with Crippen molar-refractivity contribution >= 4 is 17.3 Å². The minimum atomic E-state index is 0.308. The van der Waals surface area contributed by atoms with Crippen LogP contribution < -0.4 is 11.1 Å². The minimum Gasteiger partial charge on any atom is -0.370 e. The normalized spacial score (nSPS) is 12.5. The molecule has 1 aromatic heterocycles. The number of hydrogen-bond donors (Lipinski definition) is 2. The van der Waals surface area contributed by atoms with Gasteiger partial charge < -0.3 is 11.1 Å². The fourth-order valence-corrected chi connectivity index (χ4v) is 2.57. The molecule has 0 atom stereocenters. The Morgan fingerprint density at radius 3 is 2.53 bits per heavy atom. The monoisotopic (exact) mass is 254 g/mol. The van der Waals surface area contributed by atoms with Gasteiger partial charge in [0.05, 0.1) is 12.2 Å². The van der Waals surface area contributed by atoms with Crippen molar-refractivity contribution < 1.29 is 0 Å². The summed E-state index contributed by atoms with van der Waals surface area (Å²) in [6.07, 6.45) is 0. The Hall–Kier alpha value is -1.10. The molecule has 0 radical (unpaired) electrons. The van der Waals surface area contributed by atoms with E-state index >= 15 is 0 Å². The highest BCUT2D eigenvalue weighted by Gasteiger charge is 2.10. The number of hydrogen-bond acceptors (Lipinski definition) is 3. The van der Waals surface area contributed by atoms with Crippen LogP contribution >= 0.6 is 11.3 Å². The second-order valence-corrected chi connectivity index (χ2v) is 5.99. The Kier molecular flexibility index (Phi) is 4.93. The molecular formula is C12H22N4S. The lowest BCUT2D eigenvalue weighted by molar-refractivity contribution is 0.723. The Bertz CT molecular complexity index is 393. The number of aryl methyl sites for hydroxylation is 1. The van der Waals surface area contributed by atoms with Gasteiger partial charge in [0, 0.05) is 10.9 Å². The third-order valence-electron chi connectivity index (χ3n) is 2.24. The fraction of sp³-hybridized carbons (Fsp3) is 0.667. The summed E-state index contributed by atoms with van der Waals surface area (Å²) in [4.78, 5) is 10.1. The van der Waals surface area contributed by atoms with Gasteiger partial charge in [-0.1, -0.05) is 13.8 Å². The van der Waals surface area contributed by atoms with Crippen molar-refractivity contribution in [3.8, 4) is 0 Å². The number of aliphatic imine (C=N–C) groups is 1. The van der Waals surface area contributed by atoms with Crippen molar-refractivity contribution in [3.05, 3.63) is 15.6 Å². The van der Waals surface area contributed by atoms with E-state index in [4.69, 9.17) is 5.73 Å². The Morgan fingerprint density at radius 2 is 2.06 bits per heavy atom. The SMILES string of the molecule is Cc1sc(CN=C(N)NC(C)C)nc1C(C)C. The molecule has 96 valence electrons. The quantitative estimate of drug-likeness (QED) is 0.640. The maximum atomic E-state index is 5.74. The third kappa shape index (κ3) is 4.34. The average molecular weight is 254 g/mol. The van der Waals surface area contributed by atoms with Gasteiger partial charge in [0.1, 0.15) is 5.01 Å². The van der Waals surface area contributed by atoms with Crippen molar-refractivity contribution in [2.75, 3.05) is 0 Å². The van der Waals surface area contributed by atoms with Crippen LogP contribution in [-0.2, 0) is 6.54 Å². The number of rotatable bonds is 4. The summed E-state index contributed by atoms with van der Waals surface area (Å²) in [6, 6.07) is 0.308. The highest BCUT2D eigenvalue weighted by Crippen LogP contribution is 2.24. The van der Waals surface area contributed by atoms with Crippen LogP contribution in [-0.4, -0.2) is 17.0 Å². The molecule has 0 aromatic carbocycles. The van der Waals surface area contributed by atoms with Crippen molar-refractivity contribution in [1.29, 1.82) is 0 Å². The van der Waals surface area contributed by atoms with E-state index in [1.165, 1.54) is 10.6 Å². The van der Waals surface area contributed by atoms with Crippen LogP contribution in [0, 0.1) is 6.92 Å². The van der Waals surface area contributed by atoms with Gasteiger partial charge in [-0.25, -0.2) is 9.98 Å². The van der Waals surface area contributed by atoms with Crippen molar-refractivity contribution in [3.63, 3.8) is 0 Å². The number of nitrogens with two attached hydrogens (primary N) is 1. The Labute approximate surface area is 107 Å². The molecule has 0 bridgehead atoms. The first-order valence-electron chi connectivity index (χ1n) is 5.92. The highest BCUT2D eigenvalue weighted by atomic mass is 32.1. The van der Waals surface area contributed by atoms with E-state index in [2.05, 4.69) is 36.1 Å². The summed E-state index contributed by atoms with van der Waals surface area (Å²) >= 11 is 1.70. The summed E-state index contributed by atoms with van der Waals surface area (Å²) in [7, 11) is 0. The lowest BCUT2D eigenvalue weighted by Gasteiger charge is -2.07. The molecule has 0 aliphatic rings. The van der Waals surface area contributed by atoms with Crippen molar-refractivity contribution in [2.45, 2.75) is 53.1 Å². The molecular weight excluding hydrogens is 232 g/mol. The van der Waals surface area contributed by atoms with Crippen LogP contribution in [0.4, 0.5) is 0 Å². The molecule has 5 heteroatoms. The number of thiazole rings is 1. The summed E-state index contributed by atoms with van der Waals surface area (Å²) in [5.74, 6) is 0.953. The molecule has 1 heterocycles. The predicted octanol–water partition coefficient (Wildman–Crippen LogP) is 2.39. The third-order valence-corrected chi connectivity index (χ3v) is 3.22. The average Bonchev–Trinajstić information content (AvgIpc) is 2.56. The Balaban J connectivity index is 2.66. The van der Waals surface area contributed by atoms with Crippen molar-refractivity contribution in [2.24, 2.45) is 10.7 Å². The van der Waals surface area contributed by atoms with Gasteiger partial charge in [-0.15, -0.1) is 11.3 Å². The van der Waals surface area contributed by atoms with Gasteiger partial charge in [-0.3, -0.25) is 0 Å². The smallest absolute Gasteiger partial charge is 0.189 e. The maximum Gasteiger partial charge on any atom is 0.189 e. The van der Waals surface area contributed by atoms with Crippen LogP contribution in [0.1, 0.15) is 49.2 Å². The van der Waals surface area contributed by atoms with Gasteiger partial charge in [-0.05, 0) is 26.7 Å². The summed E-state index contributed by atoms with van der Waals surface area (Å²) in [6.45, 7) is 11.0. The standard InChI is InChI=1S/C12H22N4S/c1-7(2)11-9(5)17-10(16-11)6-14-12(13)15-8(3)4/h7-8H,6H2,1-5H3,(H3,13,14,15). The van der Waals surface area contributed by atoms with Gasteiger partial charge in [0.25, 0.3) is 0 Å². The number of nitrogens with one attached hydrogen (secondary N) is 1. The van der Waals surface area contributed by atoms with E-state index < -0.39 is 0 Å². The first-order valence-corrected chi connectivity index (χ1v) is 6.74. The molecule has 0 saturated heterocycles. The van der Waals surface area contributed by atoms with Crippen LogP contribution in [0.25, 0.3) is 0 Å². The second-order valence-electron chi connectivity index (χ2n) is 4.70. The maximum absolute atomic E-state index is 5.74. The van der Waals surface area contributed by atoms with E-state index in [0.717, 1.165) is 5.01 Å². The summed E-state index contributed by atoms with van der Waals surface area (Å²) in [5, 5.41) is 4.09. The molecule has 0 aliphatic heterocycles. The fourth-order valence-electron chi connectivity index (χ4n) is 1.56. The molecule has 0 aliphatic carbocycles. The van der Waals surface area contributed by atoms with Crippen molar-refractivity contribution in [1.82, 2.24) is 10.3 Å². The number of guanidine groups is 1. The van der Waals surface area contributed by atoms with Gasteiger partial charge in [0.2, 0.25) is 0 Å². The minimum absolute atomic E-state index is 0.308. The van der Waals surface area contributed by atoms with Crippen LogP contribution in [0.15, 0.2) is 4.99 Å². The van der Waals surface area contributed by atoms with Gasteiger partial charge >= 0.3 is 0 Å². The first-order chi connectivity index (χ1) is 7.90. The number of nitrogens with zero attached hydrogens (tertiary/aromatic N) is 2. The molecule has 0 spiro atoms. The molecule has 0 amide bonds. The molecule has 3 N–H and O–H groups in total. The number of aromatic nitrogens is 1. The lowest BCUT2D eigenvalue weighted by atomic mass is 10.1. The largest absolute Gasteiger partial charge is 0.370 e. The second kappa shape index (κ2) is 6.00. The topological polar surface area (TPSA) is 63.3 Å². The molecule has 0 fully saturated rings. The molecule has 17 heavy (non-hydrogen) atoms. The van der Waals surface area contributed by atoms with Crippen LogP contribution in [0.5, 0.6) is 0 Å². The van der Waals surface area contributed by atoms with E-state index in [1.54, 1.807) is 11.3 Å². The first kappa shape index (κ1) is 14.0. The highest BCUT2D eigenvalue weighted by molar-refractivity contribution is 7.11. The van der Waals surface area contributed by atoms with E-state index in [1.807, 2.05) is 13.8 Å². The molecule has 4 nitrogen and oxygen atoms in total. The molecule has 1 aromatic rings. The van der Waals surface area contributed by atoms with E-state index in [9.17, 15) is 0 Å². The molecule has 0 unspecified atom stereocenters. The van der Waals surface area contributed by atoms with Gasteiger partial charge in [-0.2, -0.15) is 0 Å². The zero-order chi connectivity index (χ0) is 13.0. The Morgan fingerprint density at radius 1 is 1.41 bits per heavy atom. The zero-order valence-corrected chi connectivity index (χ0v) is 12.1. The van der Waals surface area contributed by atoms with E-state index in [-0.39, 0.29) is 0 Å². The van der Waals surface area contributed by atoms with Gasteiger partial charge in [0.15, 0.2) is 5.96 Å². The molecule has 1 rings (SSSR count). The summed E-state index contributed by atoms with van der Waals surface area (Å²) in [5.41, 5.74) is 6.92. The predicted molar refractivity (Wildman–Crippen MR) is 74.5 cm³/mol. The van der Waals surface area contributed by atoms with Crippen LogP contribution in [0.2, 0.25) is 0 Å².